The summed E-state index contributed by atoms with van der Waals surface area (Å²) in [4.78, 5) is 13.6. The Hall–Kier alpha value is -4.84. The summed E-state index contributed by atoms with van der Waals surface area (Å²) in [5.74, 6) is 1.16. The van der Waals surface area contributed by atoms with Crippen molar-refractivity contribution >= 4 is 5.91 Å². The van der Waals surface area contributed by atoms with Crippen molar-refractivity contribution in [1.82, 2.24) is 15.1 Å². The van der Waals surface area contributed by atoms with Crippen molar-refractivity contribution in [3.8, 4) is 33.9 Å². The van der Waals surface area contributed by atoms with Crippen molar-refractivity contribution in [2.75, 3.05) is 6.79 Å². The Morgan fingerprint density at radius 2 is 1.41 bits per heavy atom. The number of benzene rings is 4. The monoisotopic (exact) mass is 487 g/mol. The third-order valence-corrected chi connectivity index (χ3v) is 6.35. The van der Waals surface area contributed by atoms with Crippen molar-refractivity contribution in [2.45, 2.75) is 13.1 Å². The van der Waals surface area contributed by atoms with Crippen molar-refractivity contribution < 1.29 is 14.3 Å². The van der Waals surface area contributed by atoms with E-state index in [1.807, 2.05) is 102 Å². The highest BCUT2D eigenvalue weighted by atomic mass is 16.7. The third-order valence-electron chi connectivity index (χ3n) is 6.35. The normalized spacial score (nSPS) is 11.9. The Labute approximate surface area is 215 Å². The molecule has 1 aliphatic rings. The molecular weight excluding hydrogens is 462 g/mol. The van der Waals surface area contributed by atoms with Gasteiger partial charge in [0, 0.05) is 17.7 Å². The average Bonchev–Trinajstić information content (AvgIpc) is 3.58. The van der Waals surface area contributed by atoms with E-state index in [1.54, 1.807) is 0 Å². The van der Waals surface area contributed by atoms with Crippen molar-refractivity contribution in [3.63, 3.8) is 0 Å². The maximum Gasteiger partial charge on any atom is 0.272 e. The summed E-state index contributed by atoms with van der Waals surface area (Å²) in [6, 6.07) is 35.8. The lowest BCUT2D eigenvalue weighted by atomic mass is 9.98. The molecule has 0 bridgehead atoms. The fourth-order valence-electron chi connectivity index (χ4n) is 4.57. The first kappa shape index (κ1) is 22.6. The third kappa shape index (κ3) is 4.69. The van der Waals surface area contributed by atoms with E-state index < -0.39 is 0 Å². The number of hydrogen-bond acceptors (Lipinski definition) is 4. The molecule has 182 valence electrons. The molecule has 2 heterocycles. The van der Waals surface area contributed by atoms with Gasteiger partial charge in [-0.15, -0.1) is 0 Å². The molecule has 6 heteroatoms. The molecule has 0 saturated carbocycles. The number of nitrogens with zero attached hydrogens (tertiary/aromatic N) is 2. The maximum atomic E-state index is 13.6. The quantitative estimate of drug-likeness (QED) is 0.309. The standard InChI is InChI=1S/C31H25N3O3/c35-31(32-19-22-10-4-1-5-11-22)29-28(24-14-8-3-9-15-24)30(25-16-17-26-27(18-25)37-21-36-26)34(33-29)20-23-12-6-2-7-13-23/h1-18H,19-21H2,(H,32,35). The van der Waals surface area contributed by atoms with Crippen LogP contribution in [0.4, 0.5) is 0 Å². The summed E-state index contributed by atoms with van der Waals surface area (Å²) in [6.45, 7) is 1.12. The van der Waals surface area contributed by atoms with E-state index in [1.165, 1.54) is 0 Å². The highest BCUT2D eigenvalue weighted by Gasteiger charge is 2.26. The first-order chi connectivity index (χ1) is 18.3. The van der Waals surface area contributed by atoms with Gasteiger partial charge >= 0.3 is 0 Å². The highest BCUT2D eigenvalue weighted by molar-refractivity contribution is 6.03. The van der Waals surface area contributed by atoms with Gasteiger partial charge < -0.3 is 14.8 Å². The summed E-state index contributed by atoms with van der Waals surface area (Å²) in [5.41, 5.74) is 5.93. The van der Waals surface area contributed by atoms with Crippen molar-refractivity contribution in [2.24, 2.45) is 0 Å². The number of rotatable bonds is 7. The Kier molecular flexibility index (Phi) is 6.13. The van der Waals surface area contributed by atoms with Crippen LogP contribution >= 0.6 is 0 Å². The summed E-state index contributed by atoms with van der Waals surface area (Å²) in [7, 11) is 0. The van der Waals surface area contributed by atoms with Gasteiger partial charge in [0.1, 0.15) is 0 Å². The Bertz CT molecular complexity index is 1530. The second-order valence-electron chi connectivity index (χ2n) is 8.82. The molecule has 0 saturated heterocycles. The van der Waals surface area contributed by atoms with Gasteiger partial charge in [0.2, 0.25) is 6.79 Å². The molecule has 0 radical (unpaired) electrons. The lowest BCUT2D eigenvalue weighted by Crippen LogP contribution is -2.24. The lowest BCUT2D eigenvalue weighted by Gasteiger charge is -2.12. The number of fused-ring (bicyclic) bond motifs is 1. The van der Waals surface area contributed by atoms with Crippen LogP contribution in [0.5, 0.6) is 11.5 Å². The molecule has 1 aliphatic heterocycles. The number of carbonyl (C=O) groups excluding carboxylic acids is 1. The molecule has 37 heavy (non-hydrogen) atoms. The second-order valence-corrected chi connectivity index (χ2v) is 8.82. The minimum Gasteiger partial charge on any atom is -0.454 e. The molecule has 1 amide bonds. The first-order valence-electron chi connectivity index (χ1n) is 12.2. The summed E-state index contributed by atoms with van der Waals surface area (Å²) < 4.78 is 13.1. The van der Waals surface area contributed by atoms with Crippen molar-refractivity contribution in [1.29, 1.82) is 0 Å². The topological polar surface area (TPSA) is 65.4 Å². The van der Waals surface area contributed by atoms with Gasteiger partial charge in [-0.3, -0.25) is 9.48 Å². The van der Waals surface area contributed by atoms with Gasteiger partial charge in [-0.25, -0.2) is 0 Å². The summed E-state index contributed by atoms with van der Waals surface area (Å²) >= 11 is 0. The van der Waals surface area contributed by atoms with Crippen LogP contribution < -0.4 is 14.8 Å². The number of carbonyl (C=O) groups is 1. The molecule has 6 rings (SSSR count). The van der Waals surface area contributed by atoms with Crippen LogP contribution in [-0.2, 0) is 13.1 Å². The molecule has 4 aromatic carbocycles. The van der Waals surface area contributed by atoms with E-state index in [0.29, 0.717) is 30.3 Å². The van der Waals surface area contributed by atoms with E-state index >= 15 is 0 Å². The maximum absolute atomic E-state index is 13.6. The summed E-state index contributed by atoms with van der Waals surface area (Å²) in [5, 5.41) is 7.96. The van der Waals surface area contributed by atoms with Crippen LogP contribution in [0, 0.1) is 0 Å². The van der Waals surface area contributed by atoms with Crippen LogP contribution in [0.1, 0.15) is 21.6 Å². The van der Waals surface area contributed by atoms with Crippen molar-refractivity contribution in [3.05, 3.63) is 126 Å². The molecule has 1 aromatic heterocycles. The minimum atomic E-state index is -0.225. The molecule has 5 aromatic rings. The average molecular weight is 488 g/mol. The van der Waals surface area contributed by atoms with Crippen LogP contribution in [0.2, 0.25) is 0 Å². The minimum absolute atomic E-state index is 0.195. The van der Waals surface area contributed by atoms with Gasteiger partial charge in [0.25, 0.3) is 5.91 Å². The molecule has 0 spiro atoms. The van der Waals surface area contributed by atoms with Gasteiger partial charge in [-0.2, -0.15) is 5.10 Å². The largest absolute Gasteiger partial charge is 0.454 e. The van der Waals surface area contributed by atoms with Gasteiger partial charge in [0.15, 0.2) is 17.2 Å². The number of ether oxygens (including phenoxy) is 2. The highest BCUT2D eigenvalue weighted by Crippen LogP contribution is 2.41. The van der Waals surface area contributed by atoms with E-state index in [2.05, 4.69) is 17.4 Å². The molecule has 0 fully saturated rings. The van der Waals surface area contributed by atoms with Gasteiger partial charge in [0.05, 0.1) is 12.2 Å². The predicted molar refractivity (Wildman–Crippen MR) is 142 cm³/mol. The van der Waals surface area contributed by atoms with Crippen LogP contribution in [0.15, 0.2) is 109 Å². The number of hydrogen-bond donors (Lipinski definition) is 1. The predicted octanol–water partition coefficient (Wildman–Crippen LogP) is 5.92. The Morgan fingerprint density at radius 1 is 0.757 bits per heavy atom. The fourth-order valence-corrected chi connectivity index (χ4v) is 4.57. The Morgan fingerprint density at radius 3 is 2.14 bits per heavy atom. The van der Waals surface area contributed by atoms with Crippen LogP contribution in [-0.4, -0.2) is 22.5 Å². The van der Waals surface area contributed by atoms with Crippen LogP contribution in [0.25, 0.3) is 22.4 Å². The molecule has 0 unspecified atom stereocenters. The Balaban J connectivity index is 1.49. The summed E-state index contributed by atoms with van der Waals surface area (Å²) in [6.07, 6.45) is 0. The molecular formula is C31H25N3O3. The zero-order valence-corrected chi connectivity index (χ0v) is 20.1. The zero-order valence-electron chi connectivity index (χ0n) is 20.1. The molecule has 0 aliphatic carbocycles. The van der Waals surface area contributed by atoms with E-state index in [9.17, 15) is 4.79 Å². The molecule has 6 nitrogen and oxygen atoms in total. The number of aromatic nitrogens is 2. The molecule has 1 N–H and O–H groups in total. The zero-order chi connectivity index (χ0) is 25.0. The first-order valence-corrected chi connectivity index (χ1v) is 12.2. The van der Waals surface area contributed by atoms with Gasteiger partial charge in [-0.05, 0) is 34.9 Å². The number of amides is 1. The van der Waals surface area contributed by atoms with E-state index in [-0.39, 0.29) is 12.7 Å². The molecule has 0 atom stereocenters. The smallest absolute Gasteiger partial charge is 0.272 e. The van der Waals surface area contributed by atoms with Crippen LogP contribution in [0.3, 0.4) is 0 Å². The van der Waals surface area contributed by atoms with Gasteiger partial charge in [-0.1, -0.05) is 91.0 Å². The second kappa shape index (κ2) is 10.0. The van der Waals surface area contributed by atoms with E-state index in [0.717, 1.165) is 33.5 Å². The SMILES string of the molecule is O=C(NCc1ccccc1)c1nn(Cc2ccccc2)c(-c2ccc3c(c2)OCO3)c1-c1ccccc1. The number of nitrogens with one attached hydrogen (secondary N) is 1. The fraction of sp³-hybridized carbons (Fsp3) is 0.0968. The lowest BCUT2D eigenvalue weighted by molar-refractivity contribution is 0.0945. The van der Waals surface area contributed by atoms with E-state index in [4.69, 9.17) is 14.6 Å².